The van der Waals surface area contributed by atoms with Gasteiger partial charge in [-0.05, 0) is 35.2 Å². The van der Waals surface area contributed by atoms with E-state index in [9.17, 15) is 4.79 Å². The van der Waals surface area contributed by atoms with E-state index in [-0.39, 0.29) is 5.91 Å². The molecule has 3 heterocycles. The largest absolute Gasteiger partial charge is 0.349 e. The maximum absolute atomic E-state index is 12.0. The van der Waals surface area contributed by atoms with E-state index < -0.39 is 0 Å². The van der Waals surface area contributed by atoms with Gasteiger partial charge in [-0.15, -0.1) is 0 Å². The molecule has 4 aromatic rings. The molecule has 1 aliphatic rings. The maximum Gasteiger partial charge on any atom is 0.269 e. The SMILES string of the molecule is CCCc1ccc(-c2ccc(-c3nccc(-c4cc5n(n4)CCNC5=O)n3)cc2)cc1. The van der Waals surface area contributed by atoms with Gasteiger partial charge in [0.15, 0.2) is 5.82 Å². The summed E-state index contributed by atoms with van der Waals surface area (Å²) in [6, 6.07) is 20.6. The van der Waals surface area contributed by atoms with E-state index in [2.05, 4.69) is 58.7 Å². The van der Waals surface area contributed by atoms with E-state index in [1.807, 2.05) is 18.2 Å². The molecule has 6 heteroatoms. The van der Waals surface area contributed by atoms with Gasteiger partial charge in [0.05, 0.1) is 12.2 Å². The first-order valence-corrected chi connectivity index (χ1v) is 10.6. The van der Waals surface area contributed by atoms with Crippen molar-refractivity contribution in [2.24, 2.45) is 0 Å². The summed E-state index contributed by atoms with van der Waals surface area (Å²) in [5, 5.41) is 7.38. The quantitative estimate of drug-likeness (QED) is 0.531. The van der Waals surface area contributed by atoms with Gasteiger partial charge in [0.1, 0.15) is 11.4 Å². The molecule has 1 amide bonds. The molecule has 154 valence electrons. The monoisotopic (exact) mass is 409 g/mol. The van der Waals surface area contributed by atoms with Crippen LogP contribution in [0.2, 0.25) is 0 Å². The number of nitrogens with zero attached hydrogens (tertiary/aromatic N) is 4. The zero-order chi connectivity index (χ0) is 21.2. The number of aryl methyl sites for hydroxylation is 1. The van der Waals surface area contributed by atoms with E-state index in [1.54, 1.807) is 16.9 Å². The molecule has 1 aliphatic heterocycles. The normalized spacial score (nSPS) is 13.0. The maximum atomic E-state index is 12.0. The minimum absolute atomic E-state index is 0.0994. The van der Waals surface area contributed by atoms with Crippen LogP contribution in [0.5, 0.6) is 0 Å². The van der Waals surface area contributed by atoms with Crippen LogP contribution in [0.3, 0.4) is 0 Å². The molecule has 0 saturated carbocycles. The standard InChI is InChI=1S/C25H23N5O/c1-2-3-17-4-6-18(7-5-17)19-8-10-20(11-9-19)24-26-13-12-21(28-24)22-16-23-25(31)27-14-15-30(23)29-22/h4-13,16H,2-3,14-15H2,1H3,(H,27,31). The van der Waals surface area contributed by atoms with Gasteiger partial charge in [-0.25, -0.2) is 9.97 Å². The number of rotatable bonds is 5. The minimum atomic E-state index is -0.0994. The Labute approximate surface area is 181 Å². The van der Waals surface area contributed by atoms with E-state index in [0.29, 0.717) is 36.0 Å². The Morgan fingerprint density at radius 3 is 2.35 bits per heavy atom. The third-order valence-corrected chi connectivity index (χ3v) is 5.51. The third kappa shape index (κ3) is 3.84. The van der Waals surface area contributed by atoms with Gasteiger partial charge in [-0.1, -0.05) is 61.9 Å². The third-order valence-electron chi connectivity index (χ3n) is 5.51. The van der Waals surface area contributed by atoms with Crippen LogP contribution >= 0.6 is 0 Å². The van der Waals surface area contributed by atoms with Crippen molar-refractivity contribution < 1.29 is 4.79 Å². The summed E-state index contributed by atoms with van der Waals surface area (Å²) in [7, 11) is 0. The lowest BCUT2D eigenvalue weighted by atomic mass is 10.0. The molecule has 5 rings (SSSR count). The molecule has 6 nitrogen and oxygen atoms in total. The van der Waals surface area contributed by atoms with Gasteiger partial charge in [0, 0.05) is 18.3 Å². The molecule has 0 fully saturated rings. The molecule has 0 unspecified atom stereocenters. The van der Waals surface area contributed by atoms with Crippen molar-refractivity contribution in [3.05, 3.63) is 78.1 Å². The summed E-state index contributed by atoms with van der Waals surface area (Å²) < 4.78 is 1.73. The Morgan fingerprint density at radius 2 is 1.65 bits per heavy atom. The zero-order valence-corrected chi connectivity index (χ0v) is 17.4. The Balaban J connectivity index is 1.40. The van der Waals surface area contributed by atoms with E-state index >= 15 is 0 Å². The van der Waals surface area contributed by atoms with Crippen molar-refractivity contribution in [2.75, 3.05) is 6.54 Å². The summed E-state index contributed by atoms with van der Waals surface area (Å²) in [6.07, 6.45) is 4.00. The summed E-state index contributed by atoms with van der Waals surface area (Å²) in [5.41, 5.74) is 6.62. The second-order valence-electron chi connectivity index (χ2n) is 7.68. The predicted molar refractivity (Wildman–Crippen MR) is 120 cm³/mol. The number of aromatic nitrogens is 4. The highest BCUT2D eigenvalue weighted by Gasteiger charge is 2.20. The number of carbonyl (C=O) groups excluding carboxylic acids is 1. The highest BCUT2D eigenvalue weighted by atomic mass is 16.2. The second kappa shape index (κ2) is 8.14. The highest BCUT2D eigenvalue weighted by Crippen LogP contribution is 2.25. The molecule has 0 atom stereocenters. The van der Waals surface area contributed by atoms with Gasteiger partial charge < -0.3 is 5.32 Å². The molecule has 0 spiro atoms. The number of amides is 1. The van der Waals surface area contributed by atoms with Gasteiger partial charge in [-0.3, -0.25) is 9.48 Å². The van der Waals surface area contributed by atoms with Crippen LogP contribution in [-0.2, 0) is 13.0 Å². The summed E-state index contributed by atoms with van der Waals surface area (Å²) in [5.74, 6) is 0.537. The van der Waals surface area contributed by atoms with E-state index in [0.717, 1.165) is 24.0 Å². The smallest absolute Gasteiger partial charge is 0.269 e. The Hall–Kier alpha value is -3.80. The minimum Gasteiger partial charge on any atom is -0.349 e. The summed E-state index contributed by atoms with van der Waals surface area (Å²) in [4.78, 5) is 21.2. The lowest BCUT2D eigenvalue weighted by Crippen LogP contribution is -2.35. The average Bonchev–Trinajstić information content (AvgIpc) is 3.26. The zero-order valence-electron chi connectivity index (χ0n) is 17.4. The molecule has 0 bridgehead atoms. The van der Waals surface area contributed by atoms with Crippen LogP contribution < -0.4 is 5.32 Å². The van der Waals surface area contributed by atoms with Gasteiger partial charge in [0.25, 0.3) is 5.91 Å². The molecular weight excluding hydrogens is 386 g/mol. The predicted octanol–water partition coefficient (Wildman–Crippen LogP) is 4.37. The van der Waals surface area contributed by atoms with Crippen molar-refractivity contribution in [3.63, 3.8) is 0 Å². The van der Waals surface area contributed by atoms with Crippen molar-refractivity contribution in [1.82, 2.24) is 25.1 Å². The molecule has 2 aromatic heterocycles. The first-order chi connectivity index (χ1) is 15.2. The molecular formula is C25H23N5O. The first-order valence-electron chi connectivity index (χ1n) is 10.6. The number of hydrogen-bond donors (Lipinski definition) is 1. The number of fused-ring (bicyclic) bond motifs is 1. The van der Waals surface area contributed by atoms with Crippen LogP contribution in [0.1, 0.15) is 29.4 Å². The molecule has 31 heavy (non-hydrogen) atoms. The summed E-state index contributed by atoms with van der Waals surface area (Å²) in [6.45, 7) is 3.46. The number of benzene rings is 2. The number of nitrogens with one attached hydrogen (secondary N) is 1. The van der Waals surface area contributed by atoms with Crippen molar-refractivity contribution in [1.29, 1.82) is 0 Å². The molecule has 0 radical (unpaired) electrons. The van der Waals surface area contributed by atoms with Gasteiger partial charge in [-0.2, -0.15) is 5.10 Å². The fourth-order valence-electron chi connectivity index (χ4n) is 3.87. The lowest BCUT2D eigenvalue weighted by Gasteiger charge is -2.13. The highest BCUT2D eigenvalue weighted by molar-refractivity contribution is 5.94. The first kappa shape index (κ1) is 19.2. The fraction of sp³-hybridized carbons (Fsp3) is 0.200. The van der Waals surface area contributed by atoms with Crippen molar-refractivity contribution in [2.45, 2.75) is 26.3 Å². The second-order valence-corrected chi connectivity index (χ2v) is 7.68. The van der Waals surface area contributed by atoms with E-state index in [1.165, 1.54) is 11.1 Å². The fourth-order valence-corrected chi connectivity index (χ4v) is 3.87. The van der Waals surface area contributed by atoms with Gasteiger partial charge in [0.2, 0.25) is 0 Å². The Morgan fingerprint density at radius 1 is 0.935 bits per heavy atom. The van der Waals surface area contributed by atoms with Gasteiger partial charge >= 0.3 is 0 Å². The average molecular weight is 409 g/mol. The van der Waals surface area contributed by atoms with Crippen LogP contribution in [0.4, 0.5) is 0 Å². The number of hydrogen-bond acceptors (Lipinski definition) is 4. The molecule has 0 aliphatic carbocycles. The van der Waals surface area contributed by atoms with Crippen LogP contribution in [0, 0.1) is 0 Å². The Kier molecular flexibility index (Phi) is 5.04. The van der Waals surface area contributed by atoms with Crippen molar-refractivity contribution >= 4 is 5.91 Å². The Bertz CT molecular complexity index is 1230. The van der Waals surface area contributed by atoms with Crippen LogP contribution in [0.15, 0.2) is 66.9 Å². The van der Waals surface area contributed by atoms with Crippen LogP contribution in [-0.4, -0.2) is 32.2 Å². The summed E-state index contributed by atoms with van der Waals surface area (Å²) >= 11 is 0. The van der Waals surface area contributed by atoms with E-state index in [4.69, 9.17) is 4.98 Å². The molecule has 0 saturated heterocycles. The molecule has 2 aromatic carbocycles. The lowest BCUT2D eigenvalue weighted by molar-refractivity contribution is 0.0924. The van der Waals surface area contributed by atoms with Crippen LogP contribution in [0.25, 0.3) is 33.9 Å². The van der Waals surface area contributed by atoms with Crippen molar-refractivity contribution in [3.8, 4) is 33.9 Å². The number of carbonyl (C=O) groups is 1. The topological polar surface area (TPSA) is 72.7 Å². The molecule has 1 N–H and O–H groups in total.